The average molecular weight is 294 g/mol. The number of imidazole rings is 1. The topological polar surface area (TPSA) is 59.2 Å². The standard InChI is InChI=1S/C17H15N3O2/c1-10(21)15-17(22)20-9-18-14-12-6-4-3-5-11(12)7-8-13(14)16(20)19(15)2/h3-6,9H,7-8H2,1-2H3/p+1. The van der Waals surface area contributed by atoms with Gasteiger partial charge in [-0.25, -0.2) is 0 Å². The first-order chi connectivity index (χ1) is 10.6. The maximum Gasteiger partial charge on any atom is 0.303 e. The third-order valence-corrected chi connectivity index (χ3v) is 4.43. The number of aryl methyl sites for hydroxylation is 3. The van der Waals surface area contributed by atoms with E-state index in [1.165, 1.54) is 12.5 Å². The lowest BCUT2D eigenvalue weighted by atomic mass is 9.89. The van der Waals surface area contributed by atoms with E-state index in [1.54, 1.807) is 15.3 Å². The van der Waals surface area contributed by atoms with Crippen molar-refractivity contribution in [1.29, 1.82) is 0 Å². The molecule has 1 aromatic carbocycles. The van der Waals surface area contributed by atoms with Crippen LogP contribution in [-0.4, -0.2) is 20.4 Å². The lowest BCUT2D eigenvalue weighted by molar-refractivity contribution is -0.525. The Kier molecular flexibility index (Phi) is 2.60. The van der Waals surface area contributed by atoms with Crippen LogP contribution in [0.2, 0.25) is 0 Å². The Hall–Kier alpha value is -2.69. The maximum atomic E-state index is 11.8. The van der Waals surface area contributed by atoms with Crippen LogP contribution in [0.5, 0.6) is 5.88 Å². The highest BCUT2D eigenvalue weighted by atomic mass is 16.3. The lowest BCUT2D eigenvalue weighted by Crippen LogP contribution is -2.25. The van der Waals surface area contributed by atoms with Gasteiger partial charge in [0.2, 0.25) is 17.7 Å². The van der Waals surface area contributed by atoms with Gasteiger partial charge in [0.15, 0.2) is 11.5 Å². The number of benzene rings is 1. The summed E-state index contributed by atoms with van der Waals surface area (Å²) in [5.74, 6) is -0.201. The SMILES string of the molecule is CC(=O)c1c(O)[n+]2cnc3c(c2n1C)CCc1ccccc1-3. The van der Waals surface area contributed by atoms with Gasteiger partial charge in [-0.2, -0.15) is 4.40 Å². The Morgan fingerprint density at radius 3 is 2.86 bits per heavy atom. The number of ketones is 1. The molecule has 0 atom stereocenters. The van der Waals surface area contributed by atoms with Gasteiger partial charge in [-0.05, 0) is 18.4 Å². The Balaban J connectivity index is 2.11. The molecule has 3 aromatic rings. The van der Waals surface area contributed by atoms with Gasteiger partial charge in [0.1, 0.15) is 0 Å². The third-order valence-electron chi connectivity index (χ3n) is 4.43. The summed E-state index contributed by atoms with van der Waals surface area (Å²) >= 11 is 0. The molecule has 22 heavy (non-hydrogen) atoms. The van der Waals surface area contributed by atoms with Crippen LogP contribution >= 0.6 is 0 Å². The molecule has 2 heterocycles. The Labute approximate surface area is 127 Å². The number of rotatable bonds is 1. The summed E-state index contributed by atoms with van der Waals surface area (Å²) < 4.78 is 3.37. The van der Waals surface area contributed by atoms with Crippen LogP contribution in [0.4, 0.5) is 0 Å². The van der Waals surface area contributed by atoms with E-state index in [-0.39, 0.29) is 11.7 Å². The van der Waals surface area contributed by atoms with Crippen molar-refractivity contribution in [3.8, 4) is 17.1 Å². The van der Waals surface area contributed by atoms with Gasteiger partial charge < -0.3 is 5.11 Å². The largest absolute Gasteiger partial charge is 0.481 e. The molecule has 0 saturated carbocycles. The molecule has 2 aromatic heterocycles. The van der Waals surface area contributed by atoms with Gasteiger partial charge in [0.25, 0.3) is 0 Å². The molecule has 0 bridgehead atoms. The summed E-state index contributed by atoms with van der Waals surface area (Å²) in [6.45, 7) is 1.46. The third kappa shape index (κ3) is 1.56. The van der Waals surface area contributed by atoms with Crippen LogP contribution in [-0.2, 0) is 19.9 Å². The number of nitrogens with zero attached hydrogens (tertiary/aromatic N) is 3. The minimum atomic E-state index is -0.159. The van der Waals surface area contributed by atoms with Gasteiger partial charge in [-0.15, -0.1) is 4.98 Å². The van der Waals surface area contributed by atoms with Crippen molar-refractivity contribution in [2.45, 2.75) is 19.8 Å². The highest BCUT2D eigenvalue weighted by Gasteiger charge is 2.31. The van der Waals surface area contributed by atoms with Crippen molar-refractivity contribution in [3.63, 3.8) is 0 Å². The van der Waals surface area contributed by atoms with Gasteiger partial charge >= 0.3 is 5.88 Å². The van der Waals surface area contributed by atoms with E-state index in [0.717, 1.165) is 35.3 Å². The van der Waals surface area contributed by atoms with E-state index in [2.05, 4.69) is 17.1 Å². The zero-order chi connectivity index (χ0) is 15.4. The van der Waals surface area contributed by atoms with Crippen molar-refractivity contribution < 1.29 is 14.3 Å². The monoisotopic (exact) mass is 294 g/mol. The number of carbonyl (C=O) groups is 1. The van der Waals surface area contributed by atoms with Gasteiger partial charge in [0, 0.05) is 12.5 Å². The van der Waals surface area contributed by atoms with Crippen molar-refractivity contribution in [2.75, 3.05) is 0 Å². The summed E-state index contributed by atoms with van der Waals surface area (Å²) in [7, 11) is 1.81. The first kappa shape index (κ1) is 13.0. The molecule has 0 fully saturated rings. The number of Topliss-reactive ketones (excluding diaryl/α,β-unsaturated/α-hetero) is 1. The molecule has 4 rings (SSSR count). The zero-order valence-corrected chi connectivity index (χ0v) is 12.5. The molecule has 5 nitrogen and oxygen atoms in total. The van der Waals surface area contributed by atoms with Crippen LogP contribution in [0.25, 0.3) is 16.9 Å². The Morgan fingerprint density at radius 1 is 1.32 bits per heavy atom. The highest BCUT2D eigenvalue weighted by molar-refractivity contribution is 5.95. The quantitative estimate of drug-likeness (QED) is 0.550. The summed E-state index contributed by atoms with van der Waals surface area (Å²) in [4.78, 5) is 16.4. The van der Waals surface area contributed by atoms with Crippen LogP contribution in [0.1, 0.15) is 28.5 Å². The van der Waals surface area contributed by atoms with Crippen molar-refractivity contribution in [1.82, 2.24) is 9.55 Å². The zero-order valence-electron chi connectivity index (χ0n) is 12.5. The fourth-order valence-electron chi connectivity index (χ4n) is 3.47. The molecule has 0 radical (unpaired) electrons. The second kappa shape index (κ2) is 4.40. The smallest absolute Gasteiger partial charge is 0.303 e. The summed E-state index contributed by atoms with van der Waals surface area (Å²) in [6, 6.07) is 8.25. The lowest BCUT2D eigenvalue weighted by Gasteiger charge is -2.16. The van der Waals surface area contributed by atoms with Crippen molar-refractivity contribution in [3.05, 3.63) is 47.4 Å². The number of carbonyl (C=O) groups excluding carboxylic acids is 1. The average Bonchev–Trinajstić information content (AvgIpc) is 2.78. The van der Waals surface area contributed by atoms with E-state index in [1.807, 2.05) is 19.2 Å². The first-order valence-corrected chi connectivity index (χ1v) is 7.29. The van der Waals surface area contributed by atoms with Crippen molar-refractivity contribution in [2.24, 2.45) is 7.05 Å². The van der Waals surface area contributed by atoms with Gasteiger partial charge in [-0.3, -0.25) is 9.36 Å². The predicted octanol–water partition coefficient (Wildman–Crippen LogP) is 1.83. The number of hydrogen-bond donors (Lipinski definition) is 1. The molecule has 0 saturated heterocycles. The van der Waals surface area contributed by atoms with Crippen LogP contribution in [0.15, 0.2) is 30.6 Å². The van der Waals surface area contributed by atoms with E-state index < -0.39 is 0 Å². The molecule has 0 amide bonds. The minimum Gasteiger partial charge on any atom is -0.481 e. The molecular formula is C17H16N3O2+. The molecule has 110 valence electrons. The van der Waals surface area contributed by atoms with Gasteiger partial charge in [0.05, 0.1) is 12.6 Å². The molecule has 0 unspecified atom stereocenters. The molecule has 1 aliphatic rings. The first-order valence-electron chi connectivity index (χ1n) is 7.29. The van der Waals surface area contributed by atoms with Crippen LogP contribution in [0.3, 0.4) is 0 Å². The number of aromatic hydroxyl groups is 1. The maximum absolute atomic E-state index is 11.8. The Bertz CT molecular complexity index is 941. The molecule has 0 spiro atoms. The minimum absolute atomic E-state index is 0.0424. The van der Waals surface area contributed by atoms with E-state index >= 15 is 0 Å². The summed E-state index contributed by atoms with van der Waals surface area (Å²) in [5, 5.41) is 10.3. The van der Waals surface area contributed by atoms with Crippen LogP contribution < -0.4 is 4.40 Å². The van der Waals surface area contributed by atoms with E-state index in [9.17, 15) is 9.90 Å². The highest BCUT2D eigenvalue weighted by Crippen LogP contribution is 2.33. The fraction of sp³-hybridized carbons (Fsp3) is 0.235. The normalized spacial score (nSPS) is 13.0. The fourth-order valence-corrected chi connectivity index (χ4v) is 3.47. The molecule has 1 N–H and O–H groups in total. The number of hydrogen-bond acceptors (Lipinski definition) is 3. The second-order valence-corrected chi connectivity index (χ2v) is 5.71. The molecule has 0 aliphatic heterocycles. The predicted molar refractivity (Wildman–Crippen MR) is 80.9 cm³/mol. The Morgan fingerprint density at radius 2 is 2.09 bits per heavy atom. The molecular weight excluding hydrogens is 278 g/mol. The summed E-state index contributed by atoms with van der Waals surface area (Å²) in [5.41, 5.74) is 5.59. The molecule has 5 heteroatoms. The van der Waals surface area contributed by atoms with Gasteiger partial charge in [-0.1, -0.05) is 24.3 Å². The van der Waals surface area contributed by atoms with Crippen molar-refractivity contribution >= 4 is 11.4 Å². The van der Waals surface area contributed by atoms with Crippen LogP contribution in [0, 0.1) is 0 Å². The summed E-state index contributed by atoms with van der Waals surface area (Å²) in [6.07, 6.45) is 3.38. The molecule has 1 aliphatic carbocycles. The number of aromatic nitrogens is 3. The number of fused-ring (bicyclic) bond motifs is 5. The van der Waals surface area contributed by atoms with E-state index in [0.29, 0.717) is 5.69 Å². The van der Waals surface area contributed by atoms with E-state index in [4.69, 9.17) is 0 Å². The second-order valence-electron chi connectivity index (χ2n) is 5.71.